The van der Waals surface area contributed by atoms with Gasteiger partial charge in [-0.25, -0.2) is 0 Å². The number of hydrogen-bond donors (Lipinski definition) is 1. The summed E-state index contributed by atoms with van der Waals surface area (Å²) < 4.78 is 5.63. The Hall–Kier alpha value is -1.32. The van der Waals surface area contributed by atoms with Gasteiger partial charge < -0.3 is 9.84 Å². The van der Waals surface area contributed by atoms with Crippen LogP contribution in [-0.4, -0.2) is 17.8 Å². The molecule has 0 bridgehead atoms. The van der Waals surface area contributed by atoms with Gasteiger partial charge in [-0.15, -0.1) is 11.3 Å². The molecule has 1 N–H and O–H groups in total. The summed E-state index contributed by atoms with van der Waals surface area (Å²) in [6.07, 6.45) is 1.30. The minimum absolute atomic E-state index is 0.192. The van der Waals surface area contributed by atoms with E-state index in [4.69, 9.17) is 4.74 Å². The summed E-state index contributed by atoms with van der Waals surface area (Å²) in [5, 5.41) is 12.5. The molecule has 3 heteroatoms. The molecule has 0 fully saturated rings. The minimum atomic E-state index is -0.325. The lowest BCUT2D eigenvalue weighted by Crippen LogP contribution is -2.26. The van der Waals surface area contributed by atoms with Crippen molar-refractivity contribution < 1.29 is 9.84 Å². The summed E-state index contributed by atoms with van der Waals surface area (Å²) in [7, 11) is 0. The summed E-state index contributed by atoms with van der Waals surface area (Å²) in [5.41, 5.74) is 1.15. The predicted octanol–water partition coefficient (Wildman–Crippen LogP) is 3.22. The lowest BCUT2D eigenvalue weighted by Gasteiger charge is -2.29. The van der Waals surface area contributed by atoms with Crippen LogP contribution in [0, 0.1) is 0 Å². The van der Waals surface area contributed by atoms with Crippen LogP contribution >= 0.6 is 11.3 Å². The van der Waals surface area contributed by atoms with Crippen LogP contribution in [0.2, 0.25) is 0 Å². The zero-order valence-corrected chi connectivity index (χ0v) is 10.9. The van der Waals surface area contributed by atoms with Crippen LogP contribution in [0.25, 0.3) is 0 Å². The van der Waals surface area contributed by atoms with Crippen molar-refractivity contribution in [2.45, 2.75) is 24.9 Å². The Morgan fingerprint density at radius 3 is 3.00 bits per heavy atom. The number of fused-ring (bicyclic) bond motifs is 1. The molecule has 0 radical (unpaired) electrons. The van der Waals surface area contributed by atoms with Crippen LogP contribution < -0.4 is 4.74 Å². The third-order valence-electron chi connectivity index (χ3n) is 3.46. The van der Waals surface area contributed by atoms with Gasteiger partial charge in [-0.3, -0.25) is 0 Å². The topological polar surface area (TPSA) is 29.5 Å². The van der Waals surface area contributed by atoms with Gasteiger partial charge in [0.05, 0.1) is 12.7 Å². The van der Waals surface area contributed by atoms with E-state index >= 15 is 0 Å². The molecule has 1 aliphatic rings. The zero-order valence-electron chi connectivity index (χ0n) is 10.1. The molecule has 2 atom stereocenters. The number of para-hydroxylation sites is 1. The number of hydrogen-bond acceptors (Lipinski definition) is 3. The first-order valence-corrected chi connectivity index (χ1v) is 7.15. The van der Waals surface area contributed by atoms with Gasteiger partial charge in [-0.1, -0.05) is 24.3 Å². The smallest absolute Gasteiger partial charge is 0.122 e. The summed E-state index contributed by atoms with van der Waals surface area (Å²) in [6, 6.07) is 12.2. The predicted molar refractivity (Wildman–Crippen MR) is 73.3 cm³/mol. The van der Waals surface area contributed by atoms with Crippen LogP contribution in [0.5, 0.6) is 5.75 Å². The number of rotatable bonds is 3. The van der Waals surface area contributed by atoms with Gasteiger partial charge in [0.25, 0.3) is 0 Å². The Bertz CT molecular complexity index is 507. The van der Waals surface area contributed by atoms with Crippen molar-refractivity contribution in [1.29, 1.82) is 0 Å². The fraction of sp³-hybridized carbons (Fsp3) is 0.333. The van der Waals surface area contributed by atoms with Crippen molar-refractivity contribution in [2.24, 2.45) is 0 Å². The Morgan fingerprint density at radius 2 is 2.17 bits per heavy atom. The Morgan fingerprint density at radius 1 is 1.28 bits per heavy atom. The van der Waals surface area contributed by atoms with Crippen molar-refractivity contribution in [3.63, 3.8) is 0 Å². The maximum Gasteiger partial charge on any atom is 0.122 e. The van der Waals surface area contributed by atoms with E-state index in [0.29, 0.717) is 6.61 Å². The molecule has 3 rings (SSSR count). The van der Waals surface area contributed by atoms with Gasteiger partial charge in [-0.2, -0.15) is 0 Å². The quantitative estimate of drug-likeness (QED) is 0.918. The fourth-order valence-electron chi connectivity index (χ4n) is 2.55. The molecule has 1 aliphatic heterocycles. The van der Waals surface area contributed by atoms with Crippen LogP contribution in [0.4, 0.5) is 0 Å². The highest BCUT2D eigenvalue weighted by molar-refractivity contribution is 7.09. The number of ether oxygens (including phenoxy) is 1. The van der Waals surface area contributed by atoms with Crippen LogP contribution in [0.3, 0.4) is 0 Å². The average molecular weight is 260 g/mol. The van der Waals surface area contributed by atoms with E-state index < -0.39 is 0 Å². The lowest BCUT2D eigenvalue weighted by molar-refractivity contribution is 0.117. The first-order chi connectivity index (χ1) is 8.84. The van der Waals surface area contributed by atoms with E-state index in [0.717, 1.165) is 24.2 Å². The second-order valence-electron chi connectivity index (χ2n) is 4.63. The van der Waals surface area contributed by atoms with Crippen molar-refractivity contribution in [3.8, 4) is 5.75 Å². The van der Waals surface area contributed by atoms with Gasteiger partial charge in [0.1, 0.15) is 5.75 Å². The van der Waals surface area contributed by atoms with Gasteiger partial charge >= 0.3 is 0 Å². The molecule has 0 aliphatic carbocycles. The molecule has 18 heavy (non-hydrogen) atoms. The standard InChI is InChI=1S/C15H16O2S/c16-14(10-11-4-3-9-18-11)12-7-8-17-15-6-2-1-5-13(12)15/h1-6,9,12,14,16H,7-8,10H2. The van der Waals surface area contributed by atoms with Gasteiger partial charge in [0.2, 0.25) is 0 Å². The van der Waals surface area contributed by atoms with E-state index in [1.54, 1.807) is 11.3 Å². The first-order valence-electron chi connectivity index (χ1n) is 6.27. The molecular formula is C15H16O2S. The van der Waals surface area contributed by atoms with Crippen LogP contribution in [0.1, 0.15) is 22.8 Å². The molecule has 2 nitrogen and oxygen atoms in total. The average Bonchev–Trinajstić information content (AvgIpc) is 2.91. The second kappa shape index (κ2) is 5.12. The first kappa shape index (κ1) is 11.8. The SMILES string of the molecule is OC(Cc1cccs1)C1CCOc2ccccc21. The number of thiophene rings is 1. The maximum atomic E-state index is 10.4. The molecule has 2 aromatic rings. The number of benzene rings is 1. The van der Waals surface area contributed by atoms with E-state index in [1.807, 2.05) is 24.3 Å². The Kier molecular flexibility index (Phi) is 3.35. The molecule has 2 unspecified atom stereocenters. The van der Waals surface area contributed by atoms with E-state index in [9.17, 15) is 5.11 Å². The van der Waals surface area contributed by atoms with Crippen molar-refractivity contribution in [1.82, 2.24) is 0 Å². The zero-order chi connectivity index (χ0) is 12.4. The molecule has 0 saturated carbocycles. The molecule has 2 heterocycles. The highest BCUT2D eigenvalue weighted by Crippen LogP contribution is 2.36. The van der Waals surface area contributed by atoms with Crippen LogP contribution in [0.15, 0.2) is 41.8 Å². The third kappa shape index (κ3) is 2.28. The Labute approximate surface area is 111 Å². The van der Waals surface area contributed by atoms with Gasteiger partial charge in [-0.05, 0) is 29.5 Å². The van der Waals surface area contributed by atoms with Gasteiger partial charge in [0, 0.05) is 17.2 Å². The molecular weight excluding hydrogens is 244 g/mol. The maximum absolute atomic E-state index is 10.4. The fourth-order valence-corrected chi connectivity index (χ4v) is 3.30. The summed E-state index contributed by atoms with van der Waals surface area (Å²) >= 11 is 1.71. The summed E-state index contributed by atoms with van der Waals surface area (Å²) in [4.78, 5) is 1.24. The van der Waals surface area contributed by atoms with E-state index in [2.05, 4.69) is 17.5 Å². The van der Waals surface area contributed by atoms with Crippen molar-refractivity contribution in [2.75, 3.05) is 6.61 Å². The third-order valence-corrected chi connectivity index (χ3v) is 4.36. The van der Waals surface area contributed by atoms with E-state index in [1.165, 1.54) is 4.88 Å². The highest BCUT2D eigenvalue weighted by atomic mass is 32.1. The normalized spacial score (nSPS) is 19.9. The molecule has 0 spiro atoms. The summed E-state index contributed by atoms with van der Waals surface area (Å²) in [6.45, 7) is 0.698. The number of aliphatic hydroxyl groups is 1. The minimum Gasteiger partial charge on any atom is -0.493 e. The molecule has 94 valence electrons. The molecule has 1 aromatic carbocycles. The number of aliphatic hydroxyl groups excluding tert-OH is 1. The second-order valence-corrected chi connectivity index (χ2v) is 5.66. The van der Waals surface area contributed by atoms with Crippen molar-refractivity contribution >= 4 is 11.3 Å². The molecule has 0 saturated heterocycles. The largest absolute Gasteiger partial charge is 0.493 e. The van der Waals surface area contributed by atoms with Crippen molar-refractivity contribution in [3.05, 3.63) is 52.2 Å². The highest BCUT2D eigenvalue weighted by Gasteiger charge is 2.27. The van der Waals surface area contributed by atoms with Crippen LogP contribution in [-0.2, 0) is 6.42 Å². The molecule has 1 aromatic heterocycles. The van der Waals surface area contributed by atoms with Gasteiger partial charge in [0.15, 0.2) is 0 Å². The summed E-state index contributed by atoms with van der Waals surface area (Å²) in [5.74, 6) is 1.12. The van der Waals surface area contributed by atoms with E-state index in [-0.39, 0.29) is 12.0 Å². The monoisotopic (exact) mass is 260 g/mol. The molecule has 0 amide bonds. The Balaban J connectivity index is 1.80. The lowest BCUT2D eigenvalue weighted by atomic mass is 9.86.